The summed E-state index contributed by atoms with van der Waals surface area (Å²) in [4.78, 5) is 25.6. The lowest BCUT2D eigenvalue weighted by atomic mass is 10.1. The van der Waals surface area contributed by atoms with Gasteiger partial charge in [0.15, 0.2) is 5.82 Å². The van der Waals surface area contributed by atoms with Crippen molar-refractivity contribution >= 4 is 28.4 Å². The van der Waals surface area contributed by atoms with Gasteiger partial charge in [-0.25, -0.2) is 9.97 Å². The quantitative estimate of drug-likeness (QED) is 0.505. The van der Waals surface area contributed by atoms with Crippen LogP contribution in [0.25, 0.3) is 16.9 Å². The normalized spacial score (nSPS) is 14.4. The molecule has 150 valence electrons. The SMILES string of the molecule is C[C@H](Nc1cncc(-n2cnc3ccc(NC(=O)C4CC4)cc32)n1)c1ccccc1. The van der Waals surface area contributed by atoms with E-state index in [9.17, 15) is 4.79 Å². The molecule has 30 heavy (non-hydrogen) atoms. The number of fused-ring (bicyclic) bond motifs is 1. The first kappa shape index (κ1) is 18.3. The summed E-state index contributed by atoms with van der Waals surface area (Å²) in [6.45, 7) is 2.09. The maximum absolute atomic E-state index is 12.1. The largest absolute Gasteiger partial charge is 0.362 e. The van der Waals surface area contributed by atoms with Crippen molar-refractivity contribution in [1.82, 2.24) is 19.5 Å². The standard InChI is InChI=1S/C23H22N6O/c1-15(16-5-3-2-4-6-16)26-21-12-24-13-22(28-21)29-14-25-19-10-9-18(11-20(19)29)27-23(30)17-7-8-17/h2-6,9-15,17H,7-8H2,1H3,(H,26,28)(H,27,30)/t15-/m0/s1. The van der Waals surface area contributed by atoms with Crippen LogP contribution in [0.5, 0.6) is 0 Å². The lowest BCUT2D eigenvalue weighted by molar-refractivity contribution is -0.117. The van der Waals surface area contributed by atoms with Gasteiger partial charge >= 0.3 is 0 Å². The summed E-state index contributed by atoms with van der Waals surface area (Å²) in [5.74, 6) is 1.59. The molecule has 0 unspecified atom stereocenters. The van der Waals surface area contributed by atoms with Crippen molar-refractivity contribution in [2.75, 3.05) is 10.6 Å². The second-order valence-electron chi connectivity index (χ2n) is 7.62. The topological polar surface area (TPSA) is 84.7 Å². The van der Waals surface area contributed by atoms with Crippen LogP contribution in [0.15, 0.2) is 67.3 Å². The summed E-state index contributed by atoms with van der Waals surface area (Å²) in [6, 6.07) is 16.0. The third-order valence-corrected chi connectivity index (χ3v) is 5.30. The fraction of sp³-hybridized carbons (Fsp3) is 0.217. The van der Waals surface area contributed by atoms with Crippen LogP contribution in [0.1, 0.15) is 31.4 Å². The molecule has 0 saturated heterocycles. The molecule has 5 rings (SSSR count). The Hall–Kier alpha value is -3.74. The van der Waals surface area contributed by atoms with Crippen LogP contribution in [0.2, 0.25) is 0 Å². The van der Waals surface area contributed by atoms with E-state index in [4.69, 9.17) is 4.98 Å². The lowest BCUT2D eigenvalue weighted by Crippen LogP contribution is -2.13. The van der Waals surface area contributed by atoms with E-state index >= 15 is 0 Å². The Balaban J connectivity index is 1.42. The van der Waals surface area contributed by atoms with E-state index in [1.165, 1.54) is 5.56 Å². The van der Waals surface area contributed by atoms with Crippen molar-refractivity contribution < 1.29 is 4.79 Å². The molecule has 2 aromatic heterocycles. The number of nitrogens with one attached hydrogen (secondary N) is 2. The van der Waals surface area contributed by atoms with Crippen LogP contribution in [0.4, 0.5) is 11.5 Å². The maximum Gasteiger partial charge on any atom is 0.227 e. The van der Waals surface area contributed by atoms with Gasteiger partial charge in [0, 0.05) is 17.6 Å². The molecule has 4 aromatic rings. The number of hydrogen-bond acceptors (Lipinski definition) is 5. The van der Waals surface area contributed by atoms with Crippen LogP contribution in [0.3, 0.4) is 0 Å². The molecule has 0 radical (unpaired) electrons. The Labute approximate surface area is 174 Å². The van der Waals surface area contributed by atoms with Gasteiger partial charge in [-0.1, -0.05) is 30.3 Å². The Bertz CT molecular complexity index is 1200. The molecular formula is C23H22N6O. The number of anilines is 2. The van der Waals surface area contributed by atoms with Gasteiger partial charge in [0.2, 0.25) is 5.91 Å². The number of imidazole rings is 1. The van der Waals surface area contributed by atoms with Crippen LogP contribution < -0.4 is 10.6 Å². The predicted molar refractivity (Wildman–Crippen MR) is 116 cm³/mol. The fourth-order valence-electron chi connectivity index (χ4n) is 3.45. The molecule has 1 atom stereocenters. The summed E-state index contributed by atoms with van der Waals surface area (Å²) in [5, 5.41) is 6.39. The number of benzene rings is 2. The van der Waals surface area contributed by atoms with Crippen LogP contribution in [-0.2, 0) is 4.79 Å². The minimum absolute atomic E-state index is 0.0845. The molecule has 0 spiro atoms. The first-order valence-electron chi connectivity index (χ1n) is 10.1. The average Bonchev–Trinajstić information content (AvgIpc) is 3.54. The van der Waals surface area contributed by atoms with E-state index in [1.54, 1.807) is 18.7 Å². The zero-order valence-corrected chi connectivity index (χ0v) is 16.6. The number of amides is 1. The molecule has 1 fully saturated rings. The summed E-state index contributed by atoms with van der Waals surface area (Å²) >= 11 is 0. The third kappa shape index (κ3) is 3.74. The lowest BCUT2D eigenvalue weighted by Gasteiger charge is -2.15. The zero-order valence-electron chi connectivity index (χ0n) is 16.6. The smallest absolute Gasteiger partial charge is 0.227 e. The number of rotatable bonds is 6. The highest BCUT2D eigenvalue weighted by molar-refractivity contribution is 5.95. The fourth-order valence-corrected chi connectivity index (χ4v) is 3.45. The molecule has 1 saturated carbocycles. The van der Waals surface area contributed by atoms with Crippen molar-refractivity contribution in [2.45, 2.75) is 25.8 Å². The summed E-state index contributed by atoms with van der Waals surface area (Å²) in [5.41, 5.74) is 3.64. The summed E-state index contributed by atoms with van der Waals surface area (Å²) < 4.78 is 1.88. The molecule has 2 heterocycles. The number of aromatic nitrogens is 4. The van der Waals surface area contributed by atoms with E-state index in [0.717, 1.165) is 29.6 Å². The monoisotopic (exact) mass is 398 g/mol. The van der Waals surface area contributed by atoms with E-state index in [1.807, 2.05) is 41.0 Å². The van der Waals surface area contributed by atoms with Gasteiger partial charge in [0.25, 0.3) is 0 Å². The Morgan fingerprint density at radius 2 is 1.97 bits per heavy atom. The molecule has 7 nitrogen and oxygen atoms in total. The third-order valence-electron chi connectivity index (χ3n) is 5.30. The molecule has 7 heteroatoms. The first-order chi connectivity index (χ1) is 14.7. The van der Waals surface area contributed by atoms with E-state index in [-0.39, 0.29) is 17.9 Å². The number of hydrogen-bond donors (Lipinski definition) is 2. The summed E-state index contributed by atoms with van der Waals surface area (Å²) in [6.07, 6.45) is 7.09. The van der Waals surface area contributed by atoms with Gasteiger partial charge in [0.1, 0.15) is 12.1 Å². The molecule has 2 N–H and O–H groups in total. The van der Waals surface area contributed by atoms with Gasteiger partial charge in [-0.05, 0) is 43.5 Å². The highest BCUT2D eigenvalue weighted by atomic mass is 16.2. The van der Waals surface area contributed by atoms with Crippen molar-refractivity contribution in [2.24, 2.45) is 5.92 Å². The zero-order chi connectivity index (χ0) is 20.5. The number of nitrogens with zero attached hydrogens (tertiary/aromatic N) is 4. The highest BCUT2D eigenvalue weighted by Crippen LogP contribution is 2.31. The van der Waals surface area contributed by atoms with Crippen LogP contribution in [-0.4, -0.2) is 25.4 Å². The van der Waals surface area contributed by atoms with Crippen molar-refractivity contribution in [3.8, 4) is 5.82 Å². The molecule has 0 bridgehead atoms. The Kier molecular flexibility index (Phi) is 4.63. The Morgan fingerprint density at radius 1 is 1.13 bits per heavy atom. The van der Waals surface area contributed by atoms with Gasteiger partial charge in [-0.2, -0.15) is 0 Å². The van der Waals surface area contributed by atoms with Crippen molar-refractivity contribution in [3.63, 3.8) is 0 Å². The predicted octanol–water partition coefficient (Wildman–Crippen LogP) is 4.34. The molecule has 1 amide bonds. The van der Waals surface area contributed by atoms with Crippen molar-refractivity contribution in [1.29, 1.82) is 0 Å². The number of carbonyl (C=O) groups excluding carboxylic acids is 1. The van der Waals surface area contributed by atoms with E-state index in [0.29, 0.717) is 11.6 Å². The number of carbonyl (C=O) groups is 1. The molecule has 0 aliphatic heterocycles. The van der Waals surface area contributed by atoms with E-state index in [2.05, 4.69) is 39.7 Å². The van der Waals surface area contributed by atoms with Crippen molar-refractivity contribution in [3.05, 3.63) is 72.8 Å². The van der Waals surface area contributed by atoms with Crippen LogP contribution >= 0.6 is 0 Å². The first-order valence-corrected chi connectivity index (χ1v) is 10.1. The van der Waals surface area contributed by atoms with Crippen LogP contribution in [0, 0.1) is 5.92 Å². The molecule has 1 aliphatic rings. The van der Waals surface area contributed by atoms with Gasteiger partial charge in [0.05, 0.1) is 23.4 Å². The van der Waals surface area contributed by atoms with E-state index < -0.39 is 0 Å². The minimum Gasteiger partial charge on any atom is -0.362 e. The highest BCUT2D eigenvalue weighted by Gasteiger charge is 2.29. The average molecular weight is 398 g/mol. The minimum atomic E-state index is 0.0845. The molecular weight excluding hydrogens is 376 g/mol. The van der Waals surface area contributed by atoms with Gasteiger partial charge < -0.3 is 10.6 Å². The second-order valence-corrected chi connectivity index (χ2v) is 7.62. The van der Waals surface area contributed by atoms with Gasteiger partial charge in [-0.3, -0.25) is 14.3 Å². The molecule has 2 aromatic carbocycles. The second kappa shape index (κ2) is 7.59. The molecule has 1 aliphatic carbocycles. The van der Waals surface area contributed by atoms with Gasteiger partial charge in [-0.15, -0.1) is 0 Å². The summed E-state index contributed by atoms with van der Waals surface area (Å²) in [7, 11) is 0. The Morgan fingerprint density at radius 3 is 2.77 bits per heavy atom. The maximum atomic E-state index is 12.1.